The van der Waals surface area contributed by atoms with Crippen LogP contribution in [0.4, 0.5) is 18.9 Å². The molecule has 0 radical (unpaired) electrons. The van der Waals surface area contributed by atoms with Gasteiger partial charge in [-0.3, -0.25) is 0 Å². The van der Waals surface area contributed by atoms with E-state index >= 15 is 0 Å². The molecule has 0 aliphatic carbocycles. The number of allylic oxidation sites excluding steroid dienone is 2. The van der Waals surface area contributed by atoms with E-state index in [0.29, 0.717) is 6.07 Å². The zero-order valence-corrected chi connectivity index (χ0v) is 16.1. The molecule has 2 rings (SSSR count). The first-order valence-corrected chi connectivity index (χ1v) is 8.30. The highest BCUT2D eigenvalue weighted by Crippen LogP contribution is 2.43. The number of carbonyl (C=O) groups excluding carboxylic acids is 2. The number of rotatable bonds is 3. The fraction of sp³-hybridized carbons (Fsp3) is 0.167. The van der Waals surface area contributed by atoms with Crippen LogP contribution in [0.25, 0.3) is 0 Å². The van der Waals surface area contributed by atoms with Crippen LogP contribution in [0.2, 0.25) is 0 Å². The van der Waals surface area contributed by atoms with Crippen molar-refractivity contribution in [3.8, 4) is 6.07 Å². The first kappa shape index (κ1) is 21.2. The van der Waals surface area contributed by atoms with E-state index in [1.54, 1.807) is 6.07 Å². The summed E-state index contributed by atoms with van der Waals surface area (Å²) >= 11 is 3.03. The minimum atomic E-state index is -4.86. The van der Waals surface area contributed by atoms with E-state index in [1.165, 1.54) is 30.5 Å². The maximum Gasteiger partial charge on any atom is 0.418 e. The van der Waals surface area contributed by atoms with Crippen molar-refractivity contribution < 1.29 is 32.2 Å². The summed E-state index contributed by atoms with van der Waals surface area (Å²) in [5.41, 5.74) is -2.69. The van der Waals surface area contributed by atoms with Gasteiger partial charge in [-0.15, -0.1) is 0 Å². The zero-order chi connectivity index (χ0) is 21.1. The second kappa shape index (κ2) is 8.31. The SMILES string of the molecule is COC(=O)C1=C(C(=O)OC)N(c2c(Br)cc(C#N)cc2C(F)(F)F)C=CC=C1. The number of benzene rings is 1. The van der Waals surface area contributed by atoms with Gasteiger partial charge in [0.05, 0.1) is 42.7 Å². The number of ether oxygens (including phenoxy) is 2. The van der Waals surface area contributed by atoms with Gasteiger partial charge in [0, 0.05) is 10.7 Å². The summed E-state index contributed by atoms with van der Waals surface area (Å²) in [5, 5.41) is 9.00. The lowest BCUT2D eigenvalue weighted by molar-refractivity contribution is -0.139. The molecule has 0 aromatic heterocycles. The average molecular weight is 457 g/mol. The molecule has 0 atom stereocenters. The molecule has 146 valence electrons. The van der Waals surface area contributed by atoms with E-state index in [4.69, 9.17) is 5.26 Å². The fourth-order valence-electron chi connectivity index (χ4n) is 2.46. The lowest BCUT2D eigenvalue weighted by atomic mass is 10.1. The van der Waals surface area contributed by atoms with Crippen molar-refractivity contribution in [2.24, 2.45) is 0 Å². The Morgan fingerprint density at radius 1 is 1.14 bits per heavy atom. The number of nitriles is 1. The third kappa shape index (κ3) is 4.09. The molecule has 1 aliphatic rings. The largest absolute Gasteiger partial charge is 0.465 e. The Morgan fingerprint density at radius 2 is 1.79 bits per heavy atom. The molecule has 0 fully saturated rings. The summed E-state index contributed by atoms with van der Waals surface area (Å²) in [7, 11) is 2.10. The van der Waals surface area contributed by atoms with E-state index in [1.807, 2.05) is 0 Å². The fourth-order valence-corrected chi connectivity index (χ4v) is 3.11. The summed E-state index contributed by atoms with van der Waals surface area (Å²) < 4.78 is 50.3. The Bertz CT molecular complexity index is 959. The zero-order valence-electron chi connectivity index (χ0n) is 14.5. The molecule has 0 saturated carbocycles. The van der Waals surface area contributed by atoms with Gasteiger partial charge in [-0.2, -0.15) is 18.4 Å². The van der Waals surface area contributed by atoms with Crippen LogP contribution in [0, 0.1) is 11.3 Å². The molecule has 1 aliphatic heterocycles. The van der Waals surface area contributed by atoms with Crippen LogP contribution < -0.4 is 4.90 Å². The number of nitrogens with zero attached hydrogens (tertiary/aromatic N) is 2. The average Bonchev–Trinajstić information content (AvgIpc) is 2.88. The molecule has 0 spiro atoms. The summed E-state index contributed by atoms with van der Waals surface area (Å²) in [6.45, 7) is 0. The van der Waals surface area contributed by atoms with Crippen LogP contribution in [0.5, 0.6) is 0 Å². The lowest BCUT2D eigenvalue weighted by Gasteiger charge is -2.27. The van der Waals surface area contributed by atoms with Gasteiger partial charge >= 0.3 is 18.1 Å². The van der Waals surface area contributed by atoms with Crippen LogP contribution in [0.1, 0.15) is 11.1 Å². The molecular formula is C18H12BrF3N2O4. The maximum absolute atomic E-state index is 13.7. The Labute approximate surface area is 166 Å². The van der Waals surface area contributed by atoms with Crippen LogP contribution in [0.3, 0.4) is 0 Å². The van der Waals surface area contributed by atoms with Gasteiger partial charge in [0.25, 0.3) is 0 Å². The smallest absolute Gasteiger partial charge is 0.418 e. The summed E-state index contributed by atoms with van der Waals surface area (Å²) in [6, 6.07) is 3.47. The number of hydrogen-bond acceptors (Lipinski definition) is 6. The minimum absolute atomic E-state index is 0.115. The quantitative estimate of drug-likeness (QED) is 0.643. The van der Waals surface area contributed by atoms with Crippen LogP contribution >= 0.6 is 15.9 Å². The van der Waals surface area contributed by atoms with E-state index in [2.05, 4.69) is 25.4 Å². The number of esters is 2. The predicted octanol–water partition coefficient (Wildman–Crippen LogP) is 3.83. The molecule has 28 heavy (non-hydrogen) atoms. The summed E-state index contributed by atoms with van der Waals surface area (Å²) in [5.74, 6) is -2.00. The van der Waals surface area contributed by atoms with Gasteiger partial charge in [0.15, 0.2) is 0 Å². The van der Waals surface area contributed by atoms with Crippen LogP contribution in [0.15, 0.2) is 52.3 Å². The van der Waals surface area contributed by atoms with Gasteiger partial charge in [0.2, 0.25) is 0 Å². The first-order valence-electron chi connectivity index (χ1n) is 7.51. The second-order valence-corrected chi connectivity index (χ2v) is 6.13. The number of alkyl halides is 3. The first-order chi connectivity index (χ1) is 13.1. The van der Waals surface area contributed by atoms with Gasteiger partial charge in [-0.25, -0.2) is 9.59 Å². The third-order valence-corrected chi connectivity index (χ3v) is 4.23. The molecule has 0 N–H and O–H groups in total. The minimum Gasteiger partial charge on any atom is -0.465 e. The molecule has 10 heteroatoms. The number of methoxy groups -OCH3 is 2. The van der Waals surface area contributed by atoms with Crippen molar-refractivity contribution in [3.63, 3.8) is 0 Å². The molecule has 1 aromatic rings. The van der Waals surface area contributed by atoms with Crippen molar-refractivity contribution in [1.82, 2.24) is 0 Å². The highest BCUT2D eigenvalue weighted by atomic mass is 79.9. The molecule has 6 nitrogen and oxygen atoms in total. The van der Waals surface area contributed by atoms with Gasteiger partial charge in [-0.05, 0) is 40.2 Å². The van der Waals surface area contributed by atoms with Crippen molar-refractivity contribution >= 4 is 33.6 Å². The molecule has 0 amide bonds. The van der Waals surface area contributed by atoms with E-state index in [-0.39, 0.29) is 15.6 Å². The van der Waals surface area contributed by atoms with E-state index in [0.717, 1.165) is 19.1 Å². The topological polar surface area (TPSA) is 79.6 Å². The van der Waals surface area contributed by atoms with E-state index in [9.17, 15) is 22.8 Å². The molecule has 1 heterocycles. The number of anilines is 1. The molecule has 0 saturated heterocycles. The van der Waals surface area contributed by atoms with Crippen molar-refractivity contribution in [1.29, 1.82) is 5.26 Å². The number of carbonyl (C=O) groups is 2. The number of halogens is 4. The normalized spacial score (nSPS) is 13.8. The van der Waals surface area contributed by atoms with E-state index < -0.39 is 35.1 Å². The summed E-state index contributed by atoms with van der Waals surface area (Å²) in [6.07, 6.45) is 0.230. The molecule has 0 unspecified atom stereocenters. The third-order valence-electron chi connectivity index (χ3n) is 3.63. The van der Waals surface area contributed by atoms with Crippen molar-refractivity contribution in [2.75, 3.05) is 19.1 Å². The molecular weight excluding hydrogens is 445 g/mol. The maximum atomic E-state index is 13.7. The standard InChI is InChI=1S/C18H12BrF3N2O4/c1-27-16(25)11-5-3-4-6-24(14(11)17(26)28-2)15-12(18(20,21)22)7-10(9-23)8-13(15)19/h3-8H,1-2H3. The van der Waals surface area contributed by atoms with Crippen molar-refractivity contribution in [2.45, 2.75) is 6.18 Å². The van der Waals surface area contributed by atoms with Crippen molar-refractivity contribution in [3.05, 3.63) is 63.4 Å². The molecule has 0 bridgehead atoms. The Kier molecular flexibility index (Phi) is 6.30. The number of hydrogen-bond donors (Lipinski definition) is 0. The Morgan fingerprint density at radius 3 is 2.32 bits per heavy atom. The monoisotopic (exact) mass is 456 g/mol. The Hall–Kier alpha value is -3.06. The van der Waals surface area contributed by atoms with Crippen LogP contribution in [-0.4, -0.2) is 26.2 Å². The second-order valence-electron chi connectivity index (χ2n) is 5.28. The Balaban J connectivity index is 2.90. The highest BCUT2D eigenvalue weighted by molar-refractivity contribution is 9.10. The summed E-state index contributed by atoms with van der Waals surface area (Å²) in [4.78, 5) is 25.4. The molecule has 1 aromatic carbocycles. The van der Waals surface area contributed by atoms with Gasteiger partial charge in [-0.1, -0.05) is 6.08 Å². The predicted molar refractivity (Wildman–Crippen MR) is 95.7 cm³/mol. The van der Waals surface area contributed by atoms with Gasteiger partial charge in [0.1, 0.15) is 5.70 Å². The van der Waals surface area contributed by atoms with Crippen LogP contribution in [-0.2, 0) is 25.2 Å². The highest BCUT2D eigenvalue weighted by Gasteiger charge is 2.39. The van der Waals surface area contributed by atoms with Gasteiger partial charge < -0.3 is 14.4 Å². The lowest BCUT2D eigenvalue weighted by Crippen LogP contribution is -2.29.